The van der Waals surface area contributed by atoms with E-state index >= 15 is 0 Å². The van der Waals surface area contributed by atoms with Crippen molar-refractivity contribution in [3.8, 4) is 0 Å². The Bertz CT molecular complexity index is 1280. The molecule has 1 N–H and O–H groups in total. The van der Waals surface area contributed by atoms with Gasteiger partial charge in [-0.15, -0.1) is 5.10 Å². The predicted molar refractivity (Wildman–Crippen MR) is 153 cm³/mol. The summed E-state index contributed by atoms with van der Waals surface area (Å²) in [6.07, 6.45) is 6.02. The topological polar surface area (TPSA) is 92.6 Å². The Morgan fingerprint density at radius 1 is 1.02 bits per heavy atom. The molecular formula is C30H37ClN6O3. The van der Waals surface area contributed by atoms with Crippen LogP contribution in [0.3, 0.4) is 0 Å². The van der Waals surface area contributed by atoms with Crippen LogP contribution < -0.4 is 5.32 Å². The molecule has 2 atom stereocenters. The fraction of sp³-hybridized carbons (Fsp3) is 0.467. The summed E-state index contributed by atoms with van der Waals surface area (Å²) in [5, 5.41) is 12.0. The van der Waals surface area contributed by atoms with Crippen LogP contribution in [0, 0.1) is 0 Å². The Morgan fingerprint density at radius 2 is 1.80 bits per heavy atom. The summed E-state index contributed by atoms with van der Waals surface area (Å²) in [5.74, 6) is -0.483. The lowest BCUT2D eigenvalue weighted by molar-refractivity contribution is -0.126. The van der Waals surface area contributed by atoms with E-state index in [2.05, 4.69) is 55.8 Å². The minimum absolute atomic E-state index is 0.0318. The van der Waals surface area contributed by atoms with E-state index in [4.69, 9.17) is 16.3 Å². The molecule has 0 saturated carbocycles. The second-order valence-electron chi connectivity index (χ2n) is 10.7. The van der Waals surface area contributed by atoms with Crippen molar-refractivity contribution in [2.24, 2.45) is 0 Å². The molecular weight excluding hydrogens is 528 g/mol. The van der Waals surface area contributed by atoms with Gasteiger partial charge in [0.1, 0.15) is 0 Å². The summed E-state index contributed by atoms with van der Waals surface area (Å²) in [7, 11) is 1.33. The average molecular weight is 565 g/mol. The molecule has 0 radical (unpaired) electrons. The van der Waals surface area contributed by atoms with Crippen LogP contribution in [-0.2, 0) is 22.4 Å². The predicted octanol–water partition coefficient (Wildman–Crippen LogP) is 3.40. The van der Waals surface area contributed by atoms with Crippen LogP contribution in [0.25, 0.3) is 0 Å². The minimum atomic E-state index is -0.515. The highest BCUT2D eigenvalue weighted by molar-refractivity contribution is 6.30. The van der Waals surface area contributed by atoms with Gasteiger partial charge in [-0.2, -0.15) is 0 Å². The van der Waals surface area contributed by atoms with Crippen LogP contribution in [0.1, 0.15) is 46.9 Å². The maximum absolute atomic E-state index is 13.5. The van der Waals surface area contributed by atoms with Gasteiger partial charge in [0.15, 0.2) is 5.69 Å². The SMILES string of the molecule is COC(=O)c1cn([C@@H]2C[C@@H](C(=O)NCCc3cccc(Cl)c3)N(C3CCN(CCc4ccccc4)CC3)C2)nn1. The molecule has 2 fully saturated rings. The number of methoxy groups -OCH3 is 1. The number of amides is 1. The Labute approximate surface area is 240 Å². The number of hydrogen-bond acceptors (Lipinski definition) is 7. The number of halogens is 1. The lowest BCUT2D eigenvalue weighted by atomic mass is 10.0. The zero-order valence-electron chi connectivity index (χ0n) is 22.9. The van der Waals surface area contributed by atoms with Crippen LogP contribution in [0.2, 0.25) is 5.02 Å². The number of likely N-dealkylation sites (tertiary alicyclic amines) is 2. The summed E-state index contributed by atoms with van der Waals surface area (Å²) in [4.78, 5) is 30.3. The van der Waals surface area contributed by atoms with Gasteiger partial charge in [0.2, 0.25) is 5.91 Å². The highest BCUT2D eigenvalue weighted by atomic mass is 35.5. The first-order valence-corrected chi connectivity index (χ1v) is 14.4. The van der Waals surface area contributed by atoms with E-state index in [1.807, 2.05) is 24.3 Å². The summed E-state index contributed by atoms with van der Waals surface area (Å²) >= 11 is 6.12. The number of nitrogens with zero attached hydrogens (tertiary/aromatic N) is 5. The number of esters is 1. The smallest absolute Gasteiger partial charge is 0.360 e. The summed E-state index contributed by atoms with van der Waals surface area (Å²) in [6.45, 7) is 4.30. The van der Waals surface area contributed by atoms with Crippen molar-refractivity contribution in [1.82, 2.24) is 30.1 Å². The van der Waals surface area contributed by atoms with E-state index in [1.165, 1.54) is 12.7 Å². The second-order valence-corrected chi connectivity index (χ2v) is 11.1. The largest absolute Gasteiger partial charge is 0.464 e. The number of benzene rings is 2. The third-order valence-electron chi connectivity index (χ3n) is 8.09. The molecule has 1 aromatic heterocycles. The van der Waals surface area contributed by atoms with E-state index in [1.54, 1.807) is 10.9 Å². The van der Waals surface area contributed by atoms with Crippen molar-refractivity contribution in [2.45, 2.75) is 50.2 Å². The minimum Gasteiger partial charge on any atom is -0.464 e. The quantitative estimate of drug-likeness (QED) is 0.377. The number of ether oxygens (including phenoxy) is 1. The maximum Gasteiger partial charge on any atom is 0.360 e. The lowest BCUT2D eigenvalue weighted by Gasteiger charge is -2.39. The molecule has 0 bridgehead atoms. The fourth-order valence-electron chi connectivity index (χ4n) is 5.89. The molecule has 3 heterocycles. The molecule has 212 valence electrons. The van der Waals surface area contributed by atoms with Gasteiger partial charge in [-0.25, -0.2) is 9.48 Å². The van der Waals surface area contributed by atoms with Crippen molar-refractivity contribution in [3.63, 3.8) is 0 Å². The molecule has 0 aliphatic carbocycles. The Hall–Kier alpha value is -3.27. The number of nitrogens with one attached hydrogen (secondary N) is 1. The van der Waals surface area contributed by atoms with E-state index in [9.17, 15) is 9.59 Å². The summed E-state index contributed by atoms with van der Waals surface area (Å²) in [5.41, 5.74) is 2.63. The Morgan fingerprint density at radius 3 is 2.55 bits per heavy atom. The van der Waals surface area contributed by atoms with Crippen LogP contribution in [-0.4, -0.2) is 88.6 Å². The highest BCUT2D eigenvalue weighted by Crippen LogP contribution is 2.32. The normalized spacial score (nSPS) is 20.4. The van der Waals surface area contributed by atoms with Gasteiger partial charge < -0.3 is 15.0 Å². The van der Waals surface area contributed by atoms with Gasteiger partial charge in [0, 0.05) is 30.7 Å². The third-order valence-corrected chi connectivity index (χ3v) is 8.32. The van der Waals surface area contributed by atoms with Gasteiger partial charge in [0.05, 0.1) is 25.4 Å². The van der Waals surface area contributed by atoms with Crippen molar-refractivity contribution >= 4 is 23.5 Å². The summed E-state index contributed by atoms with van der Waals surface area (Å²) < 4.78 is 6.51. The molecule has 2 aliphatic rings. The zero-order valence-corrected chi connectivity index (χ0v) is 23.7. The Balaban J connectivity index is 1.21. The molecule has 2 saturated heterocycles. The van der Waals surface area contributed by atoms with Crippen LogP contribution in [0.5, 0.6) is 0 Å². The van der Waals surface area contributed by atoms with Gasteiger partial charge >= 0.3 is 5.97 Å². The lowest BCUT2D eigenvalue weighted by Crippen LogP contribution is -2.51. The van der Waals surface area contributed by atoms with Gasteiger partial charge in [-0.3, -0.25) is 9.69 Å². The molecule has 9 nitrogen and oxygen atoms in total. The number of carbonyl (C=O) groups is 2. The first-order chi connectivity index (χ1) is 19.5. The van der Waals surface area contributed by atoms with Gasteiger partial charge in [0.25, 0.3) is 0 Å². The number of aromatic nitrogens is 3. The van der Waals surface area contributed by atoms with Crippen LogP contribution in [0.15, 0.2) is 60.8 Å². The van der Waals surface area contributed by atoms with Crippen LogP contribution >= 0.6 is 11.6 Å². The number of rotatable bonds is 10. The second kappa shape index (κ2) is 13.4. The van der Waals surface area contributed by atoms with E-state index < -0.39 is 5.97 Å². The molecule has 1 amide bonds. The molecule has 0 spiro atoms. The molecule has 40 heavy (non-hydrogen) atoms. The molecule has 3 aromatic rings. The molecule has 10 heteroatoms. The molecule has 2 aliphatic heterocycles. The van der Waals surface area contributed by atoms with E-state index in [0.717, 1.165) is 44.5 Å². The van der Waals surface area contributed by atoms with Gasteiger partial charge in [-0.1, -0.05) is 59.3 Å². The fourth-order valence-corrected chi connectivity index (χ4v) is 6.10. The number of piperidine rings is 1. The number of hydrogen-bond donors (Lipinski definition) is 1. The standard InChI is InChI=1S/C30H37ClN6O3/c1-40-30(39)27-21-37(34-33-27)26-19-28(29(38)32-14-10-23-8-5-9-24(31)18-23)36(20-26)25-12-16-35(17-13-25)15-11-22-6-3-2-4-7-22/h2-9,18,21,25-26,28H,10-17,19-20H2,1H3,(H,32,38)/t26-,28+/m1/s1. The van der Waals surface area contributed by atoms with Crippen molar-refractivity contribution in [3.05, 3.63) is 82.6 Å². The van der Waals surface area contributed by atoms with Gasteiger partial charge in [-0.05, 0) is 68.5 Å². The summed E-state index contributed by atoms with van der Waals surface area (Å²) in [6, 6.07) is 18.3. The van der Waals surface area contributed by atoms with E-state index in [0.29, 0.717) is 37.0 Å². The van der Waals surface area contributed by atoms with Crippen molar-refractivity contribution in [1.29, 1.82) is 0 Å². The van der Waals surface area contributed by atoms with Crippen LogP contribution in [0.4, 0.5) is 0 Å². The number of carbonyl (C=O) groups excluding carboxylic acids is 2. The monoisotopic (exact) mass is 564 g/mol. The van der Waals surface area contributed by atoms with E-state index in [-0.39, 0.29) is 23.7 Å². The Kier molecular flexibility index (Phi) is 9.46. The molecule has 0 unspecified atom stereocenters. The van der Waals surface area contributed by atoms with Crippen molar-refractivity contribution < 1.29 is 14.3 Å². The molecule has 2 aromatic carbocycles. The average Bonchev–Trinajstić information content (AvgIpc) is 3.65. The first kappa shape index (κ1) is 28.3. The maximum atomic E-state index is 13.5. The third kappa shape index (κ3) is 7.08. The zero-order chi connectivity index (χ0) is 27.9. The first-order valence-electron chi connectivity index (χ1n) is 14.0. The van der Waals surface area contributed by atoms with Crippen molar-refractivity contribution in [2.75, 3.05) is 39.8 Å². The molecule has 5 rings (SSSR count). The highest BCUT2D eigenvalue weighted by Gasteiger charge is 2.42.